The van der Waals surface area contributed by atoms with Gasteiger partial charge in [0.05, 0.1) is 5.02 Å². The number of hydrogen-bond donors (Lipinski definition) is 1. The molecule has 108 valence electrons. The van der Waals surface area contributed by atoms with Crippen LogP contribution in [0.2, 0.25) is 5.02 Å². The van der Waals surface area contributed by atoms with Crippen molar-refractivity contribution in [1.29, 1.82) is 0 Å². The van der Waals surface area contributed by atoms with E-state index in [4.69, 9.17) is 11.6 Å². The van der Waals surface area contributed by atoms with E-state index in [0.717, 1.165) is 5.56 Å². The predicted octanol–water partition coefficient (Wildman–Crippen LogP) is 3.32. The van der Waals surface area contributed by atoms with Crippen LogP contribution >= 0.6 is 11.6 Å². The van der Waals surface area contributed by atoms with E-state index >= 15 is 0 Å². The molecule has 3 rings (SSSR count). The highest BCUT2D eigenvalue weighted by Gasteiger charge is 2.40. The highest BCUT2D eigenvalue weighted by Crippen LogP contribution is 2.37. The lowest BCUT2D eigenvalue weighted by atomic mass is 9.97. The zero-order valence-electron chi connectivity index (χ0n) is 11.0. The Morgan fingerprint density at radius 2 is 1.90 bits per heavy atom. The summed E-state index contributed by atoms with van der Waals surface area (Å²) in [5.74, 6) is -1.07. The van der Waals surface area contributed by atoms with Gasteiger partial charge in [0, 0.05) is 18.0 Å². The first-order valence-electron chi connectivity index (χ1n) is 6.58. The number of nitrogens with zero attached hydrogens (tertiary/aromatic N) is 1. The molecular weight excluding hydrogens is 293 g/mol. The van der Waals surface area contributed by atoms with E-state index in [0.29, 0.717) is 5.69 Å². The smallest absolute Gasteiger partial charge is 0.229 e. The van der Waals surface area contributed by atoms with Crippen LogP contribution in [0.5, 0.6) is 0 Å². The van der Waals surface area contributed by atoms with Gasteiger partial charge in [0.15, 0.2) is 0 Å². The Labute approximate surface area is 126 Å². The van der Waals surface area contributed by atoms with E-state index in [1.54, 1.807) is 0 Å². The summed E-state index contributed by atoms with van der Waals surface area (Å²) in [6, 6.07) is 13.3. The molecule has 1 amide bonds. The van der Waals surface area contributed by atoms with Crippen LogP contribution in [0.4, 0.5) is 10.1 Å². The number of anilines is 1. The second-order valence-corrected chi connectivity index (χ2v) is 5.40. The first kappa shape index (κ1) is 14.0. The largest absolute Gasteiger partial charge is 0.372 e. The predicted molar refractivity (Wildman–Crippen MR) is 78.7 cm³/mol. The van der Waals surface area contributed by atoms with Gasteiger partial charge in [0.2, 0.25) is 5.91 Å². The summed E-state index contributed by atoms with van der Waals surface area (Å²) in [4.78, 5) is 13.5. The summed E-state index contributed by atoms with van der Waals surface area (Å²) in [7, 11) is 0. The van der Waals surface area contributed by atoms with Gasteiger partial charge in [0.1, 0.15) is 12.0 Å². The molecule has 1 heterocycles. The maximum Gasteiger partial charge on any atom is 0.229 e. The molecule has 1 aliphatic heterocycles. The van der Waals surface area contributed by atoms with Gasteiger partial charge in [-0.2, -0.15) is 0 Å². The summed E-state index contributed by atoms with van der Waals surface area (Å²) in [6.07, 6.45) is -0.776. The SMILES string of the molecule is O=C1C[C@@H](c2ccccc2)[C@H](O)N1c1ccc(F)c(Cl)c1. The van der Waals surface area contributed by atoms with Gasteiger partial charge in [-0.05, 0) is 23.8 Å². The summed E-state index contributed by atoms with van der Waals surface area (Å²) in [6.45, 7) is 0. The Balaban J connectivity index is 1.93. The van der Waals surface area contributed by atoms with Crippen molar-refractivity contribution in [3.05, 3.63) is 64.9 Å². The number of carbonyl (C=O) groups excluding carboxylic acids is 1. The van der Waals surface area contributed by atoms with Crippen molar-refractivity contribution in [3.8, 4) is 0 Å². The highest BCUT2D eigenvalue weighted by atomic mass is 35.5. The first-order chi connectivity index (χ1) is 10.1. The number of aliphatic hydroxyl groups is 1. The van der Waals surface area contributed by atoms with Crippen molar-refractivity contribution >= 4 is 23.2 Å². The summed E-state index contributed by atoms with van der Waals surface area (Å²) in [5, 5.41) is 10.4. The molecule has 3 nitrogen and oxygen atoms in total. The molecule has 0 spiro atoms. The Morgan fingerprint density at radius 3 is 2.57 bits per heavy atom. The average molecular weight is 306 g/mol. The van der Waals surface area contributed by atoms with Crippen molar-refractivity contribution in [2.45, 2.75) is 18.6 Å². The Morgan fingerprint density at radius 1 is 1.19 bits per heavy atom. The van der Waals surface area contributed by atoms with E-state index in [1.165, 1.54) is 23.1 Å². The number of halogens is 2. The first-order valence-corrected chi connectivity index (χ1v) is 6.96. The van der Waals surface area contributed by atoms with Crippen molar-refractivity contribution in [2.24, 2.45) is 0 Å². The summed E-state index contributed by atoms with van der Waals surface area (Å²) >= 11 is 5.75. The lowest BCUT2D eigenvalue weighted by Gasteiger charge is -2.24. The van der Waals surface area contributed by atoms with E-state index in [1.807, 2.05) is 30.3 Å². The van der Waals surface area contributed by atoms with Crippen molar-refractivity contribution in [1.82, 2.24) is 0 Å². The van der Waals surface area contributed by atoms with Crippen molar-refractivity contribution in [2.75, 3.05) is 4.90 Å². The van der Waals surface area contributed by atoms with Crippen LogP contribution in [0, 0.1) is 5.82 Å². The fourth-order valence-corrected chi connectivity index (χ4v) is 2.82. The van der Waals surface area contributed by atoms with Gasteiger partial charge >= 0.3 is 0 Å². The minimum Gasteiger partial charge on any atom is -0.372 e. The molecule has 0 aromatic heterocycles. The molecule has 0 unspecified atom stereocenters. The normalized spacial score (nSPS) is 21.9. The van der Waals surface area contributed by atoms with E-state index in [9.17, 15) is 14.3 Å². The third kappa shape index (κ3) is 2.52. The number of rotatable bonds is 2. The van der Waals surface area contributed by atoms with Gasteiger partial charge in [-0.25, -0.2) is 4.39 Å². The fourth-order valence-electron chi connectivity index (χ4n) is 2.64. The third-order valence-electron chi connectivity index (χ3n) is 3.70. The summed E-state index contributed by atoms with van der Waals surface area (Å²) < 4.78 is 13.2. The number of benzene rings is 2. The number of amides is 1. The number of hydrogen-bond acceptors (Lipinski definition) is 2. The zero-order valence-corrected chi connectivity index (χ0v) is 11.8. The molecule has 1 aliphatic rings. The molecule has 5 heteroatoms. The molecule has 1 N–H and O–H groups in total. The minimum atomic E-state index is -0.985. The van der Waals surface area contributed by atoms with E-state index < -0.39 is 12.0 Å². The lowest BCUT2D eigenvalue weighted by molar-refractivity contribution is -0.117. The van der Waals surface area contributed by atoms with Gasteiger partial charge < -0.3 is 5.11 Å². The van der Waals surface area contributed by atoms with Gasteiger partial charge in [-0.15, -0.1) is 0 Å². The van der Waals surface area contributed by atoms with Crippen LogP contribution in [0.3, 0.4) is 0 Å². The van der Waals surface area contributed by atoms with Crippen LogP contribution in [0.15, 0.2) is 48.5 Å². The molecule has 0 saturated carbocycles. The second kappa shape index (κ2) is 5.47. The Kier molecular flexibility index (Phi) is 3.66. The van der Waals surface area contributed by atoms with Crippen molar-refractivity contribution < 1.29 is 14.3 Å². The van der Waals surface area contributed by atoms with Gasteiger partial charge in [-0.1, -0.05) is 41.9 Å². The number of carbonyl (C=O) groups is 1. The molecule has 21 heavy (non-hydrogen) atoms. The zero-order chi connectivity index (χ0) is 15.0. The molecule has 1 fully saturated rings. The maximum atomic E-state index is 13.2. The molecule has 0 aliphatic carbocycles. The third-order valence-corrected chi connectivity index (χ3v) is 3.99. The molecule has 2 aromatic carbocycles. The quantitative estimate of drug-likeness (QED) is 0.924. The van der Waals surface area contributed by atoms with Gasteiger partial charge in [0.25, 0.3) is 0 Å². The van der Waals surface area contributed by atoms with Crippen LogP contribution < -0.4 is 4.90 Å². The van der Waals surface area contributed by atoms with Gasteiger partial charge in [-0.3, -0.25) is 9.69 Å². The highest BCUT2D eigenvalue weighted by molar-refractivity contribution is 6.31. The molecule has 0 radical (unpaired) electrons. The monoisotopic (exact) mass is 305 g/mol. The fraction of sp³-hybridized carbons (Fsp3) is 0.188. The number of aliphatic hydroxyl groups excluding tert-OH is 1. The molecule has 2 atom stereocenters. The van der Waals surface area contributed by atoms with Crippen LogP contribution in [-0.2, 0) is 4.79 Å². The van der Waals surface area contributed by atoms with Crippen LogP contribution in [0.1, 0.15) is 17.9 Å². The van der Waals surface area contributed by atoms with Crippen LogP contribution in [-0.4, -0.2) is 17.2 Å². The summed E-state index contributed by atoms with van der Waals surface area (Å²) in [5.41, 5.74) is 1.30. The average Bonchev–Trinajstić information content (AvgIpc) is 2.78. The maximum absolute atomic E-state index is 13.2. The van der Waals surface area contributed by atoms with E-state index in [-0.39, 0.29) is 23.3 Å². The lowest BCUT2D eigenvalue weighted by Crippen LogP contribution is -2.34. The molecule has 2 aromatic rings. The Bertz CT molecular complexity index is 677. The molecular formula is C16H13ClFNO2. The Hall–Kier alpha value is -1.91. The second-order valence-electron chi connectivity index (χ2n) is 5.00. The minimum absolute atomic E-state index is 0.0735. The van der Waals surface area contributed by atoms with Crippen LogP contribution in [0.25, 0.3) is 0 Å². The molecule has 1 saturated heterocycles. The van der Waals surface area contributed by atoms with Crippen molar-refractivity contribution in [3.63, 3.8) is 0 Å². The molecule has 0 bridgehead atoms. The topological polar surface area (TPSA) is 40.5 Å². The van der Waals surface area contributed by atoms with E-state index in [2.05, 4.69) is 0 Å². The standard InChI is InChI=1S/C16H13ClFNO2/c17-13-8-11(6-7-14(13)18)19-15(20)9-12(16(19)21)10-4-2-1-3-5-10/h1-8,12,16,21H,9H2/t12-,16-/m0/s1.